The van der Waals surface area contributed by atoms with Gasteiger partial charge in [-0.25, -0.2) is 0 Å². The summed E-state index contributed by atoms with van der Waals surface area (Å²) < 4.78 is 6.33. The Balaban J connectivity index is 1.22. The molecule has 2 aliphatic carbocycles. The summed E-state index contributed by atoms with van der Waals surface area (Å²) in [5, 5.41) is 2.29. The summed E-state index contributed by atoms with van der Waals surface area (Å²) in [5.74, 6) is 0. The van der Waals surface area contributed by atoms with Crippen LogP contribution >= 0.6 is 0 Å². The lowest BCUT2D eigenvalue weighted by molar-refractivity contribution is 0.656. The molecule has 50 heavy (non-hydrogen) atoms. The van der Waals surface area contributed by atoms with Crippen LogP contribution in [0.3, 0.4) is 0 Å². The van der Waals surface area contributed by atoms with E-state index in [2.05, 4.69) is 172 Å². The summed E-state index contributed by atoms with van der Waals surface area (Å²) in [4.78, 5) is 2.54. The SMILES string of the molecule is CC1(C)c2ccccc2-c2cccc(N(c3cccc(-c4ccc5c(c4)oc4ccccc45)c3)c3cccc4c3C(C)(C)c3ccccc3-4)c21. The van der Waals surface area contributed by atoms with Crippen LogP contribution in [-0.4, -0.2) is 0 Å². The van der Waals surface area contributed by atoms with Crippen molar-refractivity contribution in [2.45, 2.75) is 38.5 Å². The van der Waals surface area contributed by atoms with Gasteiger partial charge in [0.15, 0.2) is 0 Å². The molecule has 1 heterocycles. The zero-order chi connectivity index (χ0) is 33.8. The number of hydrogen-bond donors (Lipinski definition) is 0. The number of benzene rings is 7. The molecule has 0 N–H and O–H groups in total. The highest BCUT2D eigenvalue weighted by Gasteiger charge is 2.42. The Bertz CT molecular complexity index is 2560. The maximum absolute atomic E-state index is 6.33. The fourth-order valence-electron chi connectivity index (χ4n) is 9.15. The van der Waals surface area contributed by atoms with Crippen LogP contribution in [-0.2, 0) is 10.8 Å². The molecule has 0 atom stereocenters. The normalized spacial score (nSPS) is 14.7. The molecule has 7 aromatic carbocycles. The van der Waals surface area contributed by atoms with Crippen molar-refractivity contribution in [1.29, 1.82) is 0 Å². The van der Waals surface area contributed by atoms with Gasteiger partial charge in [-0.3, -0.25) is 0 Å². The topological polar surface area (TPSA) is 16.4 Å². The predicted molar refractivity (Wildman–Crippen MR) is 209 cm³/mol. The lowest BCUT2D eigenvalue weighted by Gasteiger charge is -2.35. The molecule has 0 aliphatic heterocycles. The summed E-state index contributed by atoms with van der Waals surface area (Å²) in [6.07, 6.45) is 0. The molecule has 0 saturated carbocycles. The first-order valence-electron chi connectivity index (χ1n) is 17.6. The van der Waals surface area contributed by atoms with Crippen LogP contribution in [0.25, 0.3) is 55.3 Å². The van der Waals surface area contributed by atoms with Crippen LogP contribution < -0.4 is 4.90 Å². The molecule has 0 bridgehead atoms. The highest BCUT2D eigenvalue weighted by molar-refractivity contribution is 6.06. The predicted octanol–water partition coefficient (Wildman–Crippen LogP) is 13.3. The third kappa shape index (κ3) is 3.96. The molecule has 2 nitrogen and oxygen atoms in total. The minimum absolute atomic E-state index is 0.179. The quantitative estimate of drug-likeness (QED) is 0.190. The molecule has 2 heteroatoms. The first kappa shape index (κ1) is 29.1. The number of anilines is 3. The van der Waals surface area contributed by atoms with E-state index in [4.69, 9.17) is 4.42 Å². The summed E-state index contributed by atoms with van der Waals surface area (Å²) in [7, 11) is 0. The zero-order valence-corrected chi connectivity index (χ0v) is 28.8. The van der Waals surface area contributed by atoms with Crippen LogP contribution in [0.1, 0.15) is 49.9 Å². The maximum Gasteiger partial charge on any atom is 0.136 e. The molecule has 0 saturated heterocycles. The summed E-state index contributed by atoms with van der Waals surface area (Å²) in [6, 6.07) is 55.6. The highest BCUT2D eigenvalue weighted by atomic mass is 16.3. The number of fused-ring (bicyclic) bond motifs is 9. The molecule has 0 fully saturated rings. The van der Waals surface area contributed by atoms with Crippen LogP contribution in [0, 0.1) is 0 Å². The van der Waals surface area contributed by atoms with Gasteiger partial charge in [0.25, 0.3) is 0 Å². The Morgan fingerprint density at radius 3 is 1.60 bits per heavy atom. The number of furan rings is 1. The molecule has 10 rings (SSSR count). The number of rotatable bonds is 4. The average molecular weight is 644 g/mol. The Morgan fingerprint density at radius 1 is 0.420 bits per heavy atom. The molecule has 8 aromatic rings. The Morgan fingerprint density at radius 2 is 0.940 bits per heavy atom. The third-order valence-corrected chi connectivity index (χ3v) is 11.4. The van der Waals surface area contributed by atoms with Gasteiger partial charge >= 0.3 is 0 Å². The van der Waals surface area contributed by atoms with Gasteiger partial charge in [0.1, 0.15) is 11.2 Å². The Labute approximate surface area is 293 Å². The van der Waals surface area contributed by atoms with E-state index >= 15 is 0 Å². The lowest BCUT2D eigenvalue weighted by Crippen LogP contribution is -2.24. The first-order chi connectivity index (χ1) is 24.3. The van der Waals surface area contributed by atoms with Gasteiger partial charge in [0, 0.05) is 27.3 Å². The van der Waals surface area contributed by atoms with Crippen LogP contribution in [0.4, 0.5) is 17.1 Å². The van der Waals surface area contributed by atoms with E-state index < -0.39 is 0 Å². The zero-order valence-electron chi connectivity index (χ0n) is 28.8. The highest BCUT2D eigenvalue weighted by Crippen LogP contribution is 2.58. The molecule has 1 aromatic heterocycles. The second-order valence-corrected chi connectivity index (χ2v) is 14.9. The summed E-state index contributed by atoms with van der Waals surface area (Å²) in [5.41, 5.74) is 18.1. The Kier molecular flexibility index (Phi) is 6.01. The fourth-order valence-corrected chi connectivity index (χ4v) is 9.15. The Hall–Kier alpha value is -5.86. The summed E-state index contributed by atoms with van der Waals surface area (Å²) >= 11 is 0. The van der Waals surface area contributed by atoms with E-state index in [0.29, 0.717) is 0 Å². The molecule has 0 radical (unpaired) electrons. The largest absolute Gasteiger partial charge is 0.456 e. The summed E-state index contributed by atoms with van der Waals surface area (Å²) in [6.45, 7) is 9.53. The van der Waals surface area contributed by atoms with Gasteiger partial charge in [-0.2, -0.15) is 0 Å². The van der Waals surface area contributed by atoms with E-state index in [1.54, 1.807) is 0 Å². The van der Waals surface area contributed by atoms with Crippen molar-refractivity contribution in [3.8, 4) is 33.4 Å². The van der Waals surface area contributed by atoms with Gasteiger partial charge in [-0.1, -0.05) is 137 Å². The molecule has 0 amide bonds. The van der Waals surface area contributed by atoms with Gasteiger partial charge in [-0.05, 0) is 98.1 Å². The monoisotopic (exact) mass is 643 g/mol. The van der Waals surface area contributed by atoms with Crippen LogP contribution in [0.5, 0.6) is 0 Å². The van der Waals surface area contributed by atoms with E-state index in [-0.39, 0.29) is 10.8 Å². The molecule has 240 valence electrons. The smallest absolute Gasteiger partial charge is 0.136 e. The number of para-hydroxylation sites is 1. The van der Waals surface area contributed by atoms with Gasteiger partial charge in [-0.15, -0.1) is 0 Å². The minimum Gasteiger partial charge on any atom is -0.456 e. The maximum atomic E-state index is 6.33. The molecular weight excluding hydrogens is 607 g/mol. The number of hydrogen-bond acceptors (Lipinski definition) is 2. The van der Waals surface area contributed by atoms with E-state index in [1.807, 2.05) is 12.1 Å². The van der Waals surface area contributed by atoms with E-state index in [9.17, 15) is 0 Å². The van der Waals surface area contributed by atoms with Gasteiger partial charge in [0.2, 0.25) is 0 Å². The lowest BCUT2D eigenvalue weighted by atomic mass is 9.80. The van der Waals surface area contributed by atoms with Crippen molar-refractivity contribution in [2.24, 2.45) is 0 Å². The van der Waals surface area contributed by atoms with Crippen molar-refractivity contribution in [1.82, 2.24) is 0 Å². The first-order valence-corrected chi connectivity index (χ1v) is 17.6. The molecule has 2 aliphatic rings. The third-order valence-electron chi connectivity index (χ3n) is 11.4. The second-order valence-electron chi connectivity index (χ2n) is 14.9. The van der Waals surface area contributed by atoms with Gasteiger partial charge in [0.05, 0.1) is 11.4 Å². The van der Waals surface area contributed by atoms with Crippen molar-refractivity contribution >= 4 is 39.0 Å². The van der Waals surface area contributed by atoms with Crippen LogP contribution in [0.2, 0.25) is 0 Å². The van der Waals surface area contributed by atoms with Crippen molar-refractivity contribution < 1.29 is 4.42 Å². The minimum atomic E-state index is -0.179. The molecule has 0 unspecified atom stereocenters. The molecule has 0 spiro atoms. The van der Waals surface area contributed by atoms with Crippen LogP contribution in [0.15, 0.2) is 156 Å². The van der Waals surface area contributed by atoms with Gasteiger partial charge < -0.3 is 9.32 Å². The van der Waals surface area contributed by atoms with Crippen molar-refractivity contribution in [3.63, 3.8) is 0 Å². The van der Waals surface area contributed by atoms with E-state index in [1.165, 1.54) is 55.9 Å². The second kappa shape index (κ2) is 10.3. The van der Waals surface area contributed by atoms with Crippen molar-refractivity contribution in [3.05, 3.63) is 174 Å². The van der Waals surface area contributed by atoms with E-state index in [0.717, 1.165) is 38.8 Å². The number of nitrogens with zero attached hydrogens (tertiary/aromatic N) is 1. The molecular formula is C48H37NO. The standard InChI is InChI=1S/C48H37NO/c1-47(2)39-21-8-5-16-33(39)37-19-12-23-41(45(37)47)49(42-24-13-20-38-34-17-6-9-22-40(34)48(3,4)46(38)42)32-15-11-14-30(28-32)31-26-27-36-35-18-7-10-25-43(35)50-44(36)29-31/h5-29H,1-4H3. The van der Waals surface area contributed by atoms with Crippen molar-refractivity contribution in [2.75, 3.05) is 4.90 Å². The average Bonchev–Trinajstić information content (AvgIpc) is 3.72. The fraction of sp³-hybridized carbons (Fsp3) is 0.125.